The van der Waals surface area contributed by atoms with E-state index in [0.717, 1.165) is 6.42 Å². The first-order chi connectivity index (χ1) is 4.88. The molecule has 0 fully saturated rings. The quantitative estimate of drug-likeness (QED) is 0.596. The van der Waals surface area contributed by atoms with Crippen LogP contribution in [0.15, 0.2) is 0 Å². The summed E-state index contributed by atoms with van der Waals surface area (Å²) in [4.78, 5) is 0. The Hall–Kier alpha value is 0.177. The summed E-state index contributed by atoms with van der Waals surface area (Å²) >= 11 is 0. The van der Waals surface area contributed by atoms with E-state index in [0.29, 0.717) is 6.10 Å². The molecule has 0 aromatic heterocycles. The van der Waals surface area contributed by atoms with Crippen molar-refractivity contribution >= 4 is 9.04 Å². The van der Waals surface area contributed by atoms with Crippen LogP contribution in [0, 0.1) is 12.3 Å². The average Bonchev–Trinajstić information content (AvgIpc) is 1.79. The zero-order valence-corrected chi connectivity index (χ0v) is 9.63. The molecule has 0 spiro atoms. The van der Waals surface area contributed by atoms with Crippen LogP contribution in [0.5, 0.6) is 0 Å². The molecule has 67 valence electrons. The second-order valence-electron chi connectivity index (χ2n) is 4.33. The van der Waals surface area contributed by atoms with E-state index in [9.17, 15) is 0 Å². The first-order valence-electron chi connectivity index (χ1n) is 4.32. The van der Waals surface area contributed by atoms with Crippen molar-refractivity contribution in [2.24, 2.45) is 5.41 Å². The molecule has 0 aliphatic carbocycles. The molecule has 11 heavy (non-hydrogen) atoms. The van der Waals surface area contributed by atoms with E-state index in [2.05, 4.69) is 40.8 Å². The minimum Gasteiger partial charge on any atom is -0.417 e. The highest BCUT2D eigenvalue weighted by Gasteiger charge is 2.23. The molecule has 0 saturated heterocycles. The van der Waals surface area contributed by atoms with Gasteiger partial charge in [-0.25, -0.2) is 0 Å². The van der Waals surface area contributed by atoms with Crippen LogP contribution < -0.4 is 0 Å². The van der Waals surface area contributed by atoms with E-state index in [4.69, 9.17) is 4.43 Å². The summed E-state index contributed by atoms with van der Waals surface area (Å²) in [5, 5.41) is 0. The van der Waals surface area contributed by atoms with Crippen molar-refractivity contribution in [3.05, 3.63) is 6.92 Å². The fourth-order valence-corrected chi connectivity index (χ4v) is 2.24. The number of hydrogen-bond acceptors (Lipinski definition) is 1. The highest BCUT2D eigenvalue weighted by Crippen LogP contribution is 2.24. The molecule has 1 unspecified atom stereocenters. The molecule has 0 aliphatic heterocycles. The van der Waals surface area contributed by atoms with Gasteiger partial charge in [-0.2, -0.15) is 0 Å². The van der Waals surface area contributed by atoms with Crippen LogP contribution >= 0.6 is 0 Å². The van der Waals surface area contributed by atoms with Gasteiger partial charge in [-0.15, -0.1) is 0 Å². The van der Waals surface area contributed by atoms with E-state index >= 15 is 0 Å². The zero-order valence-electron chi connectivity index (χ0n) is 8.48. The van der Waals surface area contributed by atoms with E-state index in [1.807, 2.05) is 0 Å². The lowest BCUT2D eigenvalue weighted by Gasteiger charge is -2.31. The van der Waals surface area contributed by atoms with Crippen molar-refractivity contribution in [1.29, 1.82) is 0 Å². The Morgan fingerprint density at radius 2 is 1.82 bits per heavy atom. The molecular formula is C9H21OSi. The van der Waals surface area contributed by atoms with Gasteiger partial charge in [0.05, 0.1) is 0 Å². The van der Waals surface area contributed by atoms with Crippen LogP contribution in [-0.2, 0) is 4.43 Å². The predicted octanol–water partition coefficient (Wildman–Crippen LogP) is 2.63. The van der Waals surface area contributed by atoms with E-state index in [1.54, 1.807) is 0 Å². The number of rotatable bonds is 3. The fraction of sp³-hybridized carbons (Fsp3) is 0.889. The van der Waals surface area contributed by atoms with Gasteiger partial charge in [0.2, 0.25) is 0 Å². The molecule has 1 nitrogen and oxygen atoms in total. The predicted molar refractivity (Wildman–Crippen MR) is 53.2 cm³/mol. The molecule has 0 N–H and O–H groups in total. The van der Waals surface area contributed by atoms with Gasteiger partial charge in [0, 0.05) is 6.10 Å². The minimum absolute atomic E-state index is 0.249. The Bertz CT molecular complexity index is 105. The van der Waals surface area contributed by atoms with Crippen LogP contribution in [-0.4, -0.2) is 15.1 Å². The second-order valence-corrected chi connectivity index (χ2v) is 6.70. The highest BCUT2D eigenvalue weighted by molar-refractivity contribution is 6.48. The lowest BCUT2D eigenvalue weighted by molar-refractivity contribution is 0.0886. The fourth-order valence-electron chi connectivity index (χ4n) is 1.03. The van der Waals surface area contributed by atoms with Crippen molar-refractivity contribution in [2.75, 3.05) is 0 Å². The molecule has 0 aromatic carbocycles. The van der Waals surface area contributed by atoms with E-state index in [-0.39, 0.29) is 5.41 Å². The van der Waals surface area contributed by atoms with Crippen LogP contribution in [0.2, 0.25) is 13.1 Å². The van der Waals surface area contributed by atoms with Crippen LogP contribution in [0.3, 0.4) is 0 Å². The molecule has 0 amide bonds. The van der Waals surface area contributed by atoms with E-state index in [1.165, 1.54) is 0 Å². The van der Waals surface area contributed by atoms with Crippen molar-refractivity contribution < 1.29 is 4.43 Å². The molecular weight excluding hydrogens is 152 g/mol. The van der Waals surface area contributed by atoms with Crippen LogP contribution in [0.25, 0.3) is 0 Å². The first kappa shape index (κ1) is 11.2. The van der Waals surface area contributed by atoms with Gasteiger partial charge in [0.25, 0.3) is 0 Å². The van der Waals surface area contributed by atoms with Crippen LogP contribution in [0.4, 0.5) is 0 Å². The Kier molecular flexibility index (Phi) is 4.33. The summed E-state index contributed by atoms with van der Waals surface area (Å²) in [6, 6.07) is 0. The normalized spacial score (nSPS) is 15.5. The lowest BCUT2D eigenvalue weighted by atomic mass is 9.88. The average molecular weight is 173 g/mol. The van der Waals surface area contributed by atoms with Crippen molar-refractivity contribution in [1.82, 2.24) is 0 Å². The topological polar surface area (TPSA) is 9.23 Å². The smallest absolute Gasteiger partial charge is 0.171 e. The SMILES string of the molecule is [CH2]CC(O[SiH](C)C)C(C)(C)C. The maximum atomic E-state index is 5.84. The second kappa shape index (κ2) is 4.26. The molecule has 1 atom stereocenters. The largest absolute Gasteiger partial charge is 0.417 e. The first-order valence-corrected chi connectivity index (χ1v) is 7.10. The van der Waals surface area contributed by atoms with Crippen molar-refractivity contribution in [3.8, 4) is 0 Å². The van der Waals surface area contributed by atoms with Gasteiger partial charge in [0.15, 0.2) is 9.04 Å². The van der Waals surface area contributed by atoms with E-state index < -0.39 is 9.04 Å². The van der Waals surface area contributed by atoms with Gasteiger partial charge < -0.3 is 4.43 Å². The van der Waals surface area contributed by atoms with Crippen LogP contribution in [0.1, 0.15) is 27.2 Å². The molecule has 0 aromatic rings. The summed E-state index contributed by atoms with van der Waals surface area (Å²) in [6.07, 6.45) is 1.23. The summed E-state index contributed by atoms with van der Waals surface area (Å²) in [6.45, 7) is 14.9. The Labute approximate surface area is 72.9 Å². The summed E-state index contributed by atoms with van der Waals surface area (Å²) in [7, 11) is -0.886. The van der Waals surface area contributed by atoms with Gasteiger partial charge in [-0.3, -0.25) is 0 Å². The maximum absolute atomic E-state index is 5.84. The monoisotopic (exact) mass is 173 g/mol. The Balaban J connectivity index is 3.96. The van der Waals surface area contributed by atoms with Gasteiger partial charge in [0.1, 0.15) is 0 Å². The lowest BCUT2D eigenvalue weighted by Crippen LogP contribution is -2.32. The molecule has 0 heterocycles. The Morgan fingerprint density at radius 3 is 1.91 bits per heavy atom. The molecule has 2 heteroatoms. The molecule has 1 radical (unpaired) electrons. The summed E-state index contributed by atoms with van der Waals surface area (Å²) < 4.78 is 5.84. The highest BCUT2D eigenvalue weighted by atomic mass is 28.3. The zero-order chi connectivity index (χ0) is 9.07. The van der Waals surface area contributed by atoms with Crippen molar-refractivity contribution in [3.63, 3.8) is 0 Å². The third kappa shape index (κ3) is 4.59. The molecule has 0 aliphatic rings. The minimum atomic E-state index is -0.886. The van der Waals surface area contributed by atoms with Gasteiger partial charge >= 0.3 is 0 Å². The summed E-state index contributed by atoms with van der Waals surface area (Å²) in [5.74, 6) is 0. The maximum Gasteiger partial charge on any atom is 0.171 e. The standard InChI is InChI=1S/C9H21OSi/c1-7-8(9(2,3)4)10-11(5)6/h8,11H,1,7H2,2-6H3. The molecule has 0 saturated carbocycles. The van der Waals surface area contributed by atoms with Gasteiger partial charge in [-0.1, -0.05) is 27.7 Å². The third-order valence-corrected chi connectivity index (χ3v) is 2.54. The van der Waals surface area contributed by atoms with Gasteiger partial charge in [-0.05, 0) is 24.9 Å². The summed E-state index contributed by atoms with van der Waals surface area (Å²) in [5.41, 5.74) is 0.249. The number of hydrogen-bond donors (Lipinski definition) is 0. The molecule has 0 bridgehead atoms. The third-order valence-electron chi connectivity index (χ3n) is 1.66. The Morgan fingerprint density at radius 1 is 1.36 bits per heavy atom. The van der Waals surface area contributed by atoms with Crippen molar-refractivity contribution in [2.45, 2.75) is 46.4 Å². The molecule has 0 rings (SSSR count).